The van der Waals surface area contributed by atoms with Gasteiger partial charge in [-0.25, -0.2) is 4.98 Å². The van der Waals surface area contributed by atoms with Gasteiger partial charge in [0.2, 0.25) is 4.77 Å². The quantitative estimate of drug-likeness (QED) is 0.642. The van der Waals surface area contributed by atoms with E-state index < -0.39 is 0 Å². The molecule has 10 heavy (non-hydrogen) atoms. The zero-order valence-corrected chi connectivity index (χ0v) is 6.06. The van der Waals surface area contributed by atoms with Gasteiger partial charge in [-0.15, -0.1) is 0 Å². The van der Waals surface area contributed by atoms with Crippen LogP contribution in [0.4, 0.5) is 0 Å². The zero-order chi connectivity index (χ0) is 7.40. The van der Waals surface area contributed by atoms with E-state index in [1.165, 1.54) is 0 Å². The number of rotatable bonds is 2. The molecule has 0 aliphatic heterocycles. The minimum absolute atomic E-state index is 0.456. The predicted octanol–water partition coefficient (Wildman–Crippen LogP) is 0.854. The Morgan fingerprint density at radius 1 is 1.90 bits per heavy atom. The van der Waals surface area contributed by atoms with E-state index in [1.807, 2.05) is 6.07 Å². The first-order chi connectivity index (χ1) is 4.83. The lowest BCUT2D eigenvalue weighted by atomic mass is 10.5. The van der Waals surface area contributed by atoms with Gasteiger partial charge in [-0.1, -0.05) is 0 Å². The highest BCUT2D eigenvalue weighted by Gasteiger charge is 1.87. The summed E-state index contributed by atoms with van der Waals surface area (Å²) in [6, 6.07) is 2.02. The molecule has 0 bridgehead atoms. The highest BCUT2D eigenvalue weighted by atomic mass is 32.1. The van der Waals surface area contributed by atoms with Gasteiger partial charge in [0.05, 0.1) is 19.0 Å². The molecule has 4 nitrogen and oxygen atoms in total. The Morgan fingerprint density at radius 2 is 2.70 bits per heavy atom. The van der Waals surface area contributed by atoms with Gasteiger partial charge in [0, 0.05) is 0 Å². The Bertz CT molecular complexity index is 291. The predicted molar refractivity (Wildman–Crippen MR) is 37.6 cm³/mol. The van der Waals surface area contributed by atoms with E-state index in [0.29, 0.717) is 17.7 Å². The maximum atomic E-state index is 8.21. The van der Waals surface area contributed by atoms with E-state index in [4.69, 9.17) is 17.5 Å². The molecule has 0 aliphatic rings. The summed E-state index contributed by atoms with van der Waals surface area (Å²) in [4.78, 5) is 3.78. The highest BCUT2D eigenvalue weighted by Crippen LogP contribution is 1.85. The first-order valence-electron chi connectivity index (χ1n) is 2.81. The minimum Gasteiger partial charge on any atom is -0.274 e. The standard InChI is InChI=1S/C5H6N4S/c6-2-1-3-9-4-7-5(10)8-9/h4H,1,3H2,(H,8,10). The Hall–Kier alpha value is -1.15. The second kappa shape index (κ2) is 3.13. The molecule has 1 N–H and O–H groups in total. The molecule has 0 radical (unpaired) electrons. The van der Waals surface area contributed by atoms with Gasteiger partial charge < -0.3 is 0 Å². The summed E-state index contributed by atoms with van der Waals surface area (Å²) in [5, 5.41) is 11.0. The molecule has 0 amide bonds. The second-order valence-electron chi connectivity index (χ2n) is 1.76. The van der Waals surface area contributed by atoms with Crippen LogP contribution in [0.15, 0.2) is 6.33 Å². The molecule has 5 heteroatoms. The third kappa shape index (κ3) is 1.67. The number of aromatic amines is 1. The van der Waals surface area contributed by atoms with Crippen molar-refractivity contribution in [2.75, 3.05) is 0 Å². The molecular formula is C5H6N4S. The summed E-state index contributed by atoms with van der Waals surface area (Å²) in [6.07, 6.45) is 2.06. The van der Waals surface area contributed by atoms with E-state index in [-0.39, 0.29) is 0 Å². The van der Waals surface area contributed by atoms with Crippen molar-refractivity contribution in [3.05, 3.63) is 11.1 Å². The molecule has 0 aliphatic carbocycles. The number of aromatic nitrogens is 3. The van der Waals surface area contributed by atoms with Crippen LogP contribution >= 0.6 is 12.2 Å². The van der Waals surface area contributed by atoms with Crippen molar-refractivity contribution in [1.29, 1.82) is 5.26 Å². The van der Waals surface area contributed by atoms with Crippen molar-refractivity contribution >= 4 is 12.2 Å². The molecule has 0 unspecified atom stereocenters. The van der Waals surface area contributed by atoms with E-state index >= 15 is 0 Å². The fourth-order valence-corrected chi connectivity index (χ4v) is 0.751. The van der Waals surface area contributed by atoms with Crippen LogP contribution in [0.5, 0.6) is 0 Å². The monoisotopic (exact) mass is 154 g/mol. The third-order valence-electron chi connectivity index (χ3n) is 1.02. The summed E-state index contributed by atoms with van der Waals surface area (Å²) >= 11 is 4.71. The number of hydrogen-bond acceptors (Lipinski definition) is 3. The fourth-order valence-electron chi connectivity index (χ4n) is 0.587. The summed E-state index contributed by atoms with van der Waals surface area (Å²) in [7, 11) is 0. The molecule has 0 atom stereocenters. The minimum atomic E-state index is 0.456. The van der Waals surface area contributed by atoms with E-state index in [2.05, 4.69) is 10.1 Å². The first kappa shape index (κ1) is 6.96. The highest BCUT2D eigenvalue weighted by molar-refractivity contribution is 7.71. The van der Waals surface area contributed by atoms with Crippen molar-refractivity contribution in [3.63, 3.8) is 0 Å². The molecule has 1 aromatic heterocycles. The Morgan fingerprint density at radius 3 is 3.20 bits per heavy atom. The fraction of sp³-hybridized carbons (Fsp3) is 0.400. The number of nitrogens with zero attached hydrogens (tertiary/aromatic N) is 3. The molecule has 0 spiro atoms. The summed E-state index contributed by atoms with van der Waals surface area (Å²) < 4.78 is 2.14. The molecular weight excluding hydrogens is 148 g/mol. The van der Waals surface area contributed by atoms with Gasteiger partial charge in [-0.3, -0.25) is 9.78 Å². The van der Waals surface area contributed by atoms with E-state index in [1.54, 1.807) is 11.0 Å². The molecule has 0 saturated carbocycles. The van der Waals surface area contributed by atoms with Crippen LogP contribution in [0.3, 0.4) is 0 Å². The summed E-state index contributed by atoms with van der Waals surface area (Å²) in [6.45, 7) is 0.625. The number of hydrogen-bond donors (Lipinski definition) is 1. The average Bonchev–Trinajstić information content (AvgIpc) is 2.31. The van der Waals surface area contributed by atoms with Crippen molar-refractivity contribution in [2.24, 2.45) is 0 Å². The summed E-state index contributed by atoms with van der Waals surface area (Å²) in [5.74, 6) is 0. The molecule has 1 rings (SSSR count). The maximum Gasteiger partial charge on any atom is 0.213 e. The number of nitriles is 1. The lowest BCUT2D eigenvalue weighted by molar-refractivity contribution is 0.624. The van der Waals surface area contributed by atoms with Crippen LogP contribution in [0.1, 0.15) is 6.42 Å². The van der Waals surface area contributed by atoms with Gasteiger partial charge in [0.25, 0.3) is 0 Å². The van der Waals surface area contributed by atoms with Gasteiger partial charge in [0.1, 0.15) is 6.33 Å². The lowest BCUT2D eigenvalue weighted by Crippen LogP contribution is -1.96. The van der Waals surface area contributed by atoms with Crippen molar-refractivity contribution in [3.8, 4) is 6.07 Å². The van der Waals surface area contributed by atoms with Crippen LogP contribution in [0.2, 0.25) is 0 Å². The summed E-state index contributed by atoms with van der Waals surface area (Å²) in [5.41, 5.74) is 0. The SMILES string of the molecule is N#CCCn1cnc(=S)[nH]1. The molecule has 0 saturated heterocycles. The number of aryl methyl sites for hydroxylation is 1. The molecule has 1 heterocycles. The first-order valence-corrected chi connectivity index (χ1v) is 3.22. The van der Waals surface area contributed by atoms with E-state index in [9.17, 15) is 0 Å². The van der Waals surface area contributed by atoms with Crippen molar-refractivity contribution < 1.29 is 0 Å². The largest absolute Gasteiger partial charge is 0.274 e. The molecule has 52 valence electrons. The lowest BCUT2D eigenvalue weighted by Gasteiger charge is -1.92. The smallest absolute Gasteiger partial charge is 0.213 e. The van der Waals surface area contributed by atoms with Crippen LogP contribution in [-0.2, 0) is 6.54 Å². The Kier molecular flexibility index (Phi) is 2.18. The zero-order valence-electron chi connectivity index (χ0n) is 5.24. The average molecular weight is 154 g/mol. The van der Waals surface area contributed by atoms with Crippen molar-refractivity contribution in [1.82, 2.24) is 14.8 Å². The van der Waals surface area contributed by atoms with Crippen LogP contribution < -0.4 is 0 Å². The number of H-pyrrole nitrogens is 1. The van der Waals surface area contributed by atoms with Gasteiger partial charge in [-0.2, -0.15) is 5.26 Å². The third-order valence-corrected chi connectivity index (χ3v) is 1.21. The molecule has 1 aromatic rings. The van der Waals surface area contributed by atoms with Gasteiger partial charge >= 0.3 is 0 Å². The van der Waals surface area contributed by atoms with Crippen molar-refractivity contribution in [2.45, 2.75) is 13.0 Å². The van der Waals surface area contributed by atoms with Gasteiger partial charge in [0.15, 0.2) is 0 Å². The second-order valence-corrected chi connectivity index (χ2v) is 2.15. The van der Waals surface area contributed by atoms with Crippen LogP contribution in [0, 0.1) is 16.1 Å². The van der Waals surface area contributed by atoms with E-state index in [0.717, 1.165) is 0 Å². The number of nitrogens with one attached hydrogen (secondary N) is 1. The molecule has 0 aromatic carbocycles. The van der Waals surface area contributed by atoms with Crippen LogP contribution in [-0.4, -0.2) is 14.8 Å². The van der Waals surface area contributed by atoms with Crippen LogP contribution in [0.25, 0.3) is 0 Å². The van der Waals surface area contributed by atoms with Gasteiger partial charge in [-0.05, 0) is 12.2 Å². The molecule has 0 fully saturated rings. The Balaban J connectivity index is 2.61. The maximum absolute atomic E-state index is 8.21. The normalized spacial score (nSPS) is 9.10. The topological polar surface area (TPSA) is 57.4 Å². The Labute approximate surface area is 63.1 Å².